The van der Waals surface area contributed by atoms with Crippen LogP contribution in [-0.4, -0.2) is 35.5 Å². The fourth-order valence-electron chi connectivity index (χ4n) is 2.03. The minimum atomic E-state index is -0.621. The monoisotopic (exact) mass is 309 g/mol. The molecule has 2 aromatic rings. The standard InChI is InChI=1S/C16H20ClNO3/c1-10(2)18-8-11(19)9-21-15-7-14(20)16(17)13-6-4-3-5-12(13)15/h3-7,10-11,18-20H,8-9H2,1-2H3/t11-/m1/s1. The first-order valence-corrected chi connectivity index (χ1v) is 7.31. The van der Waals surface area contributed by atoms with Crippen molar-refractivity contribution in [3.63, 3.8) is 0 Å². The van der Waals surface area contributed by atoms with Crippen LogP contribution in [0.15, 0.2) is 30.3 Å². The Labute approximate surface area is 129 Å². The molecule has 0 saturated carbocycles. The van der Waals surface area contributed by atoms with Crippen molar-refractivity contribution in [1.82, 2.24) is 5.32 Å². The van der Waals surface area contributed by atoms with Crippen LogP contribution in [0.5, 0.6) is 11.5 Å². The average Bonchev–Trinajstić information content (AvgIpc) is 2.47. The molecule has 5 heteroatoms. The van der Waals surface area contributed by atoms with Crippen LogP contribution in [0.1, 0.15) is 13.8 Å². The van der Waals surface area contributed by atoms with E-state index in [-0.39, 0.29) is 12.4 Å². The number of aromatic hydroxyl groups is 1. The molecule has 0 amide bonds. The summed E-state index contributed by atoms with van der Waals surface area (Å²) in [5.41, 5.74) is 0. The highest BCUT2D eigenvalue weighted by Gasteiger charge is 2.12. The highest BCUT2D eigenvalue weighted by atomic mass is 35.5. The Morgan fingerprint density at radius 1 is 1.24 bits per heavy atom. The van der Waals surface area contributed by atoms with E-state index in [0.717, 1.165) is 10.8 Å². The number of nitrogens with one attached hydrogen (secondary N) is 1. The third-order valence-corrected chi connectivity index (χ3v) is 3.51. The predicted octanol–water partition coefficient (Wildman–Crippen LogP) is 2.94. The van der Waals surface area contributed by atoms with Crippen molar-refractivity contribution in [3.05, 3.63) is 35.4 Å². The van der Waals surface area contributed by atoms with Crippen LogP contribution in [0.4, 0.5) is 0 Å². The smallest absolute Gasteiger partial charge is 0.138 e. The number of aliphatic hydroxyl groups excluding tert-OH is 1. The topological polar surface area (TPSA) is 61.7 Å². The molecule has 4 nitrogen and oxygen atoms in total. The Bertz CT molecular complexity index is 616. The number of phenolic OH excluding ortho intramolecular Hbond substituents is 1. The second-order valence-corrected chi connectivity index (χ2v) is 5.66. The highest BCUT2D eigenvalue weighted by molar-refractivity contribution is 6.37. The van der Waals surface area contributed by atoms with Crippen LogP contribution >= 0.6 is 11.6 Å². The Hall–Kier alpha value is -1.49. The maximum absolute atomic E-state index is 9.88. The number of halogens is 1. The molecule has 0 aliphatic carbocycles. The van der Waals surface area contributed by atoms with Gasteiger partial charge in [0.2, 0.25) is 0 Å². The minimum Gasteiger partial charge on any atom is -0.506 e. The Morgan fingerprint density at radius 3 is 2.57 bits per heavy atom. The zero-order chi connectivity index (χ0) is 15.4. The fraction of sp³-hybridized carbons (Fsp3) is 0.375. The summed E-state index contributed by atoms with van der Waals surface area (Å²) in [6.45, 7) is 4.62. The molecule has 0 spiro atoms. The van der Waals surface area contributed by atoms with Gasteiger partial charge in [0.1, 0.15) is 24.2 Å². The summed E-state index contributed by atoms with van der Waals surface area (Å²) in [6, 6.07) is 9.20. The number of hydrogen-bond acceptors (Lipinski definition) is 4. The molecule has 0 radical (unpaired) electrons. The highest BCUT2D eigenvalue weighted by Crippen LogP contribution is 2.38. The van der Waals surface area contributed by atoms with Crippen LogP contribution in [0.2, 0.25) is 5.02 Å². The van der Waals surface area contributed by atoms with Crippen molar-refractivity contribution in [1.29, 1.82) is 0 Å². The van der Waals surface area contributed by atoms with Crippen LogP contribution < -0.4 is 10.1 Å². The third kappa shape index (κ3) is 4.00. The van der Waals surface area contributed by atoms with Gasteiger partial charge in [-0.05, 0) is 0 Å². The predicted molar refractivity (Wildman–Crippen MR) is 85.3 cm³/mol. The Morgan fingerprint density at radius 2 is 1.90 bits per heavy atom. The first-order valence-electron chi connectivity index (χ1n) is 6.93. The maximum atomic E-state index is 9.88. The van der Waals surface area contributed by atoms with Crippen LogP contribution in [-0.2, 0) is 0 Å². The molecule has 0 unspecified atom stereocenters. The van der Waals surface area contributed by atoms with Crippen molar-refractivity contribution in [3.8, 4) is 11.5 Å². The van der Waals surface area contributed by atoms with E-state index in [1.807, 2.05) is 38.1 Å². The maximum Gasteiger partial charge on any atom is 0.138 e. The number of ether oxygens (including phenoxy) is 1. The average molecular weight is 310 g/mol. The number of benzene rings is 2. The lowest BCUT2D eigenvalue weighted by atomic mass is 10.1. The summed E-state index contributed by atoms with van der Waals surface area (Å²) < 4.78 is 5.64. The summed E-state index contributed by atoms with van der Waals surface area (Å²) in [5, 5.41) is 24.7. The molecule has 0 fully saturated rings. The van der Waals surface area contributed by atoms with Crippen molar-refractivity contribution in [2.24, 2.45) is 0 Å². The Kier molecular flexibility index (Phi) is 5.28. The second-order valence-electron chi connectivity index (χ2n) is 5.28. The molecule has 3 N–H and O–H groups in total. The summed E-state index contributed by atoms with van der Waals surface area (Å²) in [5.74, 6) is 0.483. The zero-order valence-electron chi connectivity index (χ0n) is 12.1. The van der Waals surface area contributed by atoms with Gasteiger partial charge in [-0.2, -0.15) is 0 Å². The molecule has 0 saturated heterocycles. The number of hydrogen-bond donors (Lipinski definition) is 3. The first kappa shape index (κ1) is 15.9. The van der Waals surface area contributed by atoms with Gasteiger partial charge in [-0.15, -0.1) is 0 Å². The molecular weight excluding hydrogens is 290 g/mol. The van der Waals surface area contributed by atoms with Crippen LogP contribution in [0.25, 0.3) is 10.8 Å². The summed E-state index contributed by atoms with van der Waals surface area (Å²) >= 11 is 6.08. The van der Waals surface area contributed by atoms with E-state index in [9.17, 15) is 10.2 Å². The van der Waals surface area contributed by atoms with Gasteiger partial charge < -0.3 is 20.3 Å². The van der Waals surface area contributed by atoms with Gasteiger partial charge in [-0.3, -0.25) is 0 Å². The van der Waals surface area contributed by atoms with Crippen molar-refractivity contribution in [2.75, 3.05) is 13.2 Å². The van der Waals surface area contributed by atoms with Crippen molar-refractivity contribution >= 4 is 22.4 Å². The van der Waals surface area contributed by atoms with Gasteiger partial charge in [0.05, 0.1) is 5.02 Å². The molecular formula is C16H20ClNO3. The van der Waals surface area contributed by atoms with Gasteiger partial charge in [0.25, 0.3) is 0 Å². The summed E-state index contributed by atoms with van der Waals surface area (Å²) in [7, 11) is 0. The van der Waals surface area contributed by atoms with E-state index in [4.69, 9.17) is 16.3 Å². The molecule has 0 aliphatic rings. The van der Waals surface area contributed by atoms with Crippen LogP contribution in [0.3, 0.4) is 0 Å². The lowest BCUT2D eigenvalue weighted by molar-refractivity contribution is 0.105. The lowest BCUT2D eigenvalue weighted by Crippen LogP contribution is -2.35. The van der Waals surface area contributed by atoms with E-state index in [2.05, 4.69) is 5.32 Å². The second kappa shape index (κ2) is 6.98. The molecule has 114 valence electrons. The van der Waals surface area contributed by atoms with Gasteiger partial charge in [0.15, 0.2) is 0 Å². The third-order valence-electron chi connectivity index (χ3n) is 3.11. The van der Waals surface area contributed by atoms with E-state index < -0.39 is 6.10 Å². The van der Waals surface area contributed by atoms with Gasteiger partial charge in [-0.25, -0.2) is 0 Å². The van der Waals surface area contributed by atoms with Gasteiger partial charge >= 0.3 is 0 Å². The molecule has 0 heterocycles. The van der Waals surface area contributed by atoms with E-state index >= 15 is 0 Å². The normalized spacial score (nSPS) is 12.8. The SMILES string of the molecule is CC(C)NC[C@@H](O)COc1cc(O)c(Cl)c2ccccc12. The van der Waals surface area contributed by atoms with Crippen LogP contribution in [0, 0.1) is 0 Å². The molecule has 0 aromatic heterocycles. The molecule has 21 heavy (non-hydrogen) atoms. The van der Waals surface area contributed by atoms with E-state index in [1.54, 1.807) is 0 Å². The van der Waals surface area contributed by atoms with E-state index in [1.165, 1.54) is 6.07 Å². The molecule has 2 aromatic carbocycles. The number of phenols is 1. The summed E-state index contributed by atoms with van der Waals surface area (Å²) in [6.07, 6.45) is -0.621. The quantitative estimate of drug-likeness (QED) is 0.768. The fourth-order valence-corrected chi connectivity index (χ4v) is 2.25. The van der Waals surface area contributed by atoms with Crippen molar-refractivity contribution < 1.29 is 14.9 Å². The lowest BCUT2D eigenvalue weighted by Gasteiger charge is -2.16. The molecule has 0 bridgehead atoms. The van der Waals surface area contributed by atoms with Crippen molar-refractivity contribution in [2.45, 2.75) is 26.0 Å². The largest absolute Gasteiger partial charge is 0.506 e. The number of fused-ring (bicyclic) bond motifs is 1. The minimum absolute atomic E-state index is 0.0276. The Balaban J connectivity index is 2.14. The first-order chi connectivity index (χ1) is 9.99. The molecule has 1 atom stereocenters. The zero-order valence-corrected chi connectivity index (χ0v) is 12.9. The molecule has 2 rings (SSSR count). The number of rotatable bonds is 6. The van der Waals surface area contributed by atoms with E-state index in [0.29, 0.717) is 23.4 Å². The van der Waals surface area contributed by atoms with Gasteiger partial charge in [0, 0.05) is 29.4 Å². The number of aliphatic hydroxyl groups is 1. The molecule has 0 aliphatic heterocycles. The summed E-state index contributed by atoms with van der Waals surface area (Å²) in [4.78, 5) is 0. The van der Waals surface area contributed by atoms with Gasteiger partial charge in [-0.1, -0.05) is 49.7 Å².